The lowest BCUT2D eigenvalue weighted by Gasteiger charge is -2.25. The number of pyridine rings is 1. The molecule has 1 aliphatic heterocycles. The first-order valence-corrected chi connectivity index (χ1v) is 9.98. The number of nitrogens with zero attached hydrogens (tertiary/aromatic N) is 2. The van der Waals surface area contributed by atoms with Crippen LogP contribution in [-0.2, 0) is 16.1 Å². The maximum absolute atomic E-state index is 13.7. The Hall–Kier alpha value is -4.00. The predicted octanol–water partition coefficient (Wildman–Crippen LogP) is 4.16. The third kappa shape index (κ3) is 3.85. The van der Waals surface area contributed by atoms with E-state index in [1.54, 1.807) is 50.7 Å². The summed E-state index contributed by atoms with van der Waals surface area (Å²) in [6.07, 6.45) is 3.12. The molecule has 0 radical (unpaired) electrons. The van der Waals surface area contributed by atoms with Crippen molar-refractivity contribution >= 4 is 17.4 Å². The molecule has 0 saturated carbocycles. The van der Waals surface area contributed by atoms with Gasteiger partial charge in [-0.05, 0) is 66.1 Å². The topological polar surface area (TPSA) is 79.7 Å². The number of aliphatic hydroxyl groups is 1. The number of carbonyl (C=O) groups excluding carboxylic acids is 2. The quantitative estimate of drug-likeness (QED) is 0.372. The van der Waals surface area contributed by atoms with E-state index in [0.29, 0.717) is 16.9 Å². The zero-order chi connectivity index (χ0) is 22.8. The molecule has 1 unspecified atom stereocenters. The summed E-state index contributed by atoms with van der Waals surface area (Å²) in [6.45, 7) is 1.72. The number of ether oxygens (including phenoxy) is 1. The number of aryl methyl sites for hydroxylation is 1. The van der Waals surface area contributed by atoms with Crippen molar-refractivity contribution in [3.8, 4) is 5.75 Å². The molecule has 1 atom stereocenters. The van der Waals surface area contributed by atoms with E-state index in [9.17, 15) is 19.1 Å². The smallest absolute Gasteiger partial charge is 0.295 e. The molecule has 162 valence electrons. The monoisotopic (exact) mass is 432 g/mol. The first kappa shape index (κ1) is 21.2. The van der Waals surface area contributed by atoms with Crippen LogP contribution in [0.15, 0.2) is 72.6 Å². The lowest BCUT2D eigenvalue weighted by molar-refractivity contribution is -0.140. The Bertz CT molecular complexity index is 1210. The van der Waals surface area contributed by atoms with Gasteiger partial charge in [-0.2, -0.15) is 0 Å². The zero-order valence-corrected chi connectivity index (χ0v) is 17.6. The largest absolute Gasteiger partial charge is 0.507 e. The number of methoxy groups -OCH3 is 1. The molecule has 1 saturated heterocycles. The molecule has 0 bridgehead atoms. The van der Waals surface area contributed by atoms with Crippen molar-refractivity contribution in [3.63, 3.8) is 0 Å². The van der Waals surface area contributed by atoms with Crippen molar-refractivity contribution < 1.29 is 23.8 Å². The van der Waals surface area contributed by atoms with Crippen LogP contribution in [0.3, 0.4) is 0 Å². The number of hydrogen-bond donors (Lipinski definition) is 1. The van der Waals surface area contributed by atoms with E-state index in [4.69, 9.17) is 4.74 Å². The Labute approximate surface area is 184 Å². The molecule has 1 amide bonds. The lowest BCUT2D eigenvalue weighted by atomic mass is 9.95. The van der Waals surface area contributed by atoms with E-state index in [1.807, 2.05) is 12.1 Å². The van der Waals surface area contributed by atoms with E-state index < -0.39 is 23.5 Å². The minimum Gasteiger partial charge on any atom is -0.507 e. The van der Waals surface area contributed by atoms with Gasteiger partial charge in [0.1, 0.15) is 17.3 Å². The van der Waals surface area contributed by atoms with E-state index in [-0.39, 0.29) is 23.4 Å². The number of carbonyl (C=O) groups is 2. The average Bonchev–Trinajstić information content (AvgIpc) is 3.06. The van der Waals surface area contributed by atoms with E-state index >= 15 is 0 Å². The van der Waals surface area contributed by atoms with Crippen molar-refractivity contribution in [3.05, 3.63) is 101 Å². The molecule has 4 rings (SSSR count). The first-order valence-electron chi connectivity index (χ1n) is 9.98. The summed E-state index contributed by atoms with van der Waals surface area (Å²) < 4.78 is 18.9. The van der Waals surface area contributed by atoms with Gasteiger partial charge >= 0.3 is 0 Å². The zero-order valence-electron chi connectivity index (χ0n) is 17.6. The maximum atomic E-state index is 13.7. The molecule has 0 aliphatic carbocycles. The highest BCUT2D eigenvalue weighted by molar-refractivity contribution is 6.46. The number of ketones is 1. The highest BCUT2D eigenvalue weighted by Crippen LogP contribution is 2.40. The van der Waals surface area contributed by atoms with Gasteiger partial charge in [0.05, 0.1) is 18.7 Å². The number of likely N-dealkylation sites (tertiary alicyclic amines) is 1. The standard InChI is InChI=1S/C25H21FN2O4/c1-15-13-18(5-8-20(15)26)23(29)21-22(17-9-11-27-12-10-17)28(25(31)24(21)30)14-16-3-6-19(32-2)7-4-16/h3-13,22,29H,14H2,1-2H3/b23-21-. The summed E-state index contributed by atoms with van der Waals surface area (Å²) in [7, 11) is 1.56. The van der Waals surface area contributed by atoms with Crippen LogP contribution >= 0.6 is 0 Å². The van der Waals surface area contributed by atoms with Gasteiger partial charge in [-0.25, -0.2) is 4.39 Å². The van der Waals surface area contributed by atoms with Crippen LogP contribution in [0.1, 0.15) is 28.3 Å². The van der Waals surface area contributed by atoms with Gasteiger partial charge in [-0.15, -0.1) is 0 Å². The number of halogens is 1. The Morgan fingerprint density at radius 1 is 1.09 bits per heavy atom. The fourth-order valence-corrected chi connectivity index (χ4v) is 3.81. The molecule has 1 fully saturated rings. The average molecular weight is 432 g/mol. The van der Waals surface area contributed by atoms with Gasteiger partial charge in [0.15, 0.2) is 0 Å². The van der Waals surface area contributed by atoms with Crippen LogP contribution in [-0.4, -0.2) is 33.8 Å². The second kappa shape index (κ2) is 8.63. The molecule has 2 heterocycles. The summed E-state index contributed by atoms with van der Waals surface area (Å²) >= 11 is 0. The SMILES string of the molecule is COc1ccc(CN2C(=O)C(=O)/C(=C(\O)c3ccc(F)c(C)c3)C2c2ccncc2)cc1. The molecule has 32 heavy (non-hydrogen) atoms. The van der Waals surface area contributed by atoms with Gasteiger partial charge in [-0.3, -0.25) is 14.6 Å². The number of aliphatic hydroxyl groups excluding tert-OH is 1. The van der Waals surface area contributed by atoms with Crippen LogP contribution < -0.4 is 4.74 Å². The van der Waals surface area contributed by atoms with Crippen LogP contribution in [0.5, 0.6) is 5.75 Å². The number of hydrogen-bond acceptors (Lipinski definition) is 5. The van der Waals surface area contributed by atoms with Crippen LogP contribution in [0.2, 0.25) is 0 Å². The van der Waals surface area contributed by atoms with Gasteiger partial charge in [-0.1, -0.05) is 12.1 Å². The van der Waals surface area contributed by atoms with E-state index in [1.165, 1.54) is 23.1 Å². The second-order valence-electron chi connectivity index (χ2n) is 7.52. The Morgan fingerprint density at radius 2 is 1.78 bits per heavy atom. The van der Waals surface area contributed by atoms with E-state index in [0.717, 1.165) is 5.56 Å². The van der Waals surface area contributed by atoms with Gasteiger partial charge in [0, 0.05) is 24.5 Å². The second-order valence-corrected chi connectivity index (χ2v) is 7.52. The van der Waals surface area contributed by atoms with Crippen molar-refractivity contribution in [1.82, 2.24) is 9.88 Å². The van der Waals surface area contributed by atoms with E-state index in [2.05, 4.69) is 4.98 Å². The normalized spacial score (nSPS) is 17.6. The fourth-order valence-electron chi connectivity index (χ4n) is 3.81. The fraction of sp³-hybridized carbons (Fsp3) is 0.160. The lowest BCUT2D eigenvalue weighted by Crippen LogP contribution is -2.29. The molecular formula is C25H21FN2O4. The van der Waals surface area contributed by atoms with Crippen LogP contribution in [0.4, 0.5) is 4.39 Å². The van der Waals surface area contributed by atoms with Crippen LogP contribution in [0, 0.1) is 12.7 Å². The molecule has 7 heteroatoms. The molecule has 0 spiro atoms. The minimum absolute atomic E-state index is 0.0410. The van der Waals surface area contributed by atoms with Crippen LogP contribution in [0.25, 0.3) is 5.76 Å². The Morgan fingerprint density at radius 3 is 2.41 bits per heavy atom. The van der Waals surface area contributed by atoms with Crippen molar-refractivity contribution in [2.45, 2.75) is 19.5 Å². The number of amides is 1. The van der Waals surface area contributed by atoms with Gasteiger partial charge in [0.2, 0.25) is 0 Å². The predicted molar refractivity (Wildman–Crippen MR) is 116 cm³/mol. The summed E-state index contributed by atoms with van der Waals surface area (Å²) in [5.41, 5.74) is 1.98. The first-order chi connectivity index (χ1) is 15.4. The molecule has 6 nitrogen and oxygen atoms in total. The number of benzene rings is 2. The van der Waals surface area contributed by atoms with Gasteiger partial charge in [0.25, 0.3) is 11.7 Å². The molecule has 1 N–H and O–H groups in total. The summed E-state index contributed by atoms with van der Waals surface area (Å²) in [4.78, 5) is 31.5. The minimum atomic E-state index is -0.814. The number of rotatable bonds is 5. The molecule has 3 aromatic rings. The molecular weight excluding hydrogens is 411 g/mol. The third-order valence-electron chi connectivity index (χ3n) is 5.51. The third-order valence-corrected chi connectivity index (χ3v) is 5.51. The highest BCUT2D eigenvalue weighted by Gasteiger charge is 2.46. The van der Waals surface area contributed by atoms with Crippen molar-refractivity contribution in [2.24, 2.45) is 0 Å². The number of Topliss-reactive ketones (excluding diaryl/α,β-unsaturated/α-hetero) is 1. The van der Waals surface area contributed by atoms with Crippen molar-refractivity contribution in [2.75, 3.05) is 7.11 Å². The highest BCUT2D eigenvalue weighted by atomic mass is 19.1. The maximum Gasteiger partial charge on any atom is 0.295 e. The molecule has 1 aliphatic rings. The van der Waals surface area contributed by atoms with Gasteiger partial charge < -0.3 is 14.7 Å². The summed E-state index contributed by atoms with van der Waals surface area (Å²) in [5, 5.41) is 11.0. The molecule has 2 aromatic carbocycles. The Balaban J connectivity index is 1.82. The summed E-state index contributed by atoms with van der Waals surface area (Å²) in [5.74, 6) is -1.60. The molecule has 1 aromatic heterocycles. The summed E-state index contributed by atoms with van der Waals surface area (Å²) in [6, 6.07) is 13.8. The number of aromatic nitrogens is 1. The Kier molecular flexibility index (Phi) is 5.73. The van der Waals surface area contributed by atoms with Crippen molar-refractivity contribution in [1.29, 1.82) is 0 Å².